The van der Waals surface area contributed by atoms with Crippen LogP contribution >= 0.6 is 11.3 Å². The van der Waals surface area contributed by atoms with Gasteiger partial charge in [-0.1, -0.05) is 18.2 Å². The van der Waals surface area contributed by atoms with Crippen LogP contribution in [0.2, 0.25) is 0 Å². The van der Waals surface area contributed by atoms with Gasteiger partial charge >= 0.3 is 0 Å². The van der Waals surface area contributed by atoms with Crippen molar-refractivity contribution in [2.24, 2.45) is 0 Å². The summed E-state index contributed by atoms with van der Waals surface area (Å²) in [5, 5.41) is 4.44. The lowest BCUT2D eigenvalue weighted by Crippen LogP contribution is -2.42. The molecule has 0 radical (unpaired) electrons. The van der Waals surface area contributed by atoms with E-state index in [1.807, 2.05) is 49.6 Å². The molecule has 1 aromatic carbocycles. The Morgan fingerprint density at radius 2 is 1.89 bits per heavy atom. The molecule has 0 fully saturated rings. The molecule has 9 heteroatoms. The van der Waals surface area contributed by atoms with E-state index in [0.717, 1.165) is 22.4 Å². The largest absolute Gasteiger partial charge is 0.305 e. The summed E-state index contributed by atoms with van der Waals surface area (Å²) >= 11 is 1.10. The molecule has 1 amide bonds. The molecular formula is C18H22N4O3S2. The zero-order valence-electron chi connectivity index (χ0n) is 15.6. The number of imidazole rings is 1. The highest BCUT2D eigenvalue weighted by Gasteiger charge is 2.26. The first kappa shape index (κ1) is 19.5. The molecule has 0 aliphatic carbocycles. The standard InChI is InChI=1S/C18H22N4O3S2/c1-12(21-27(24,25)15-10-7-11-26-15)16(23)20-17-19-13-8-5-6-9-14(13)22(17)18(2,3)4/h5-12,21H,1-4H3,(H,19,20,23). The Balaban J connectivity index is 1.86. The van der Waals surface area contributed by atoms with Crippen molar-refractivity contribution in [1.82, 2.24) is 14.3 Å². The van der Waals surface area contributed by atoms with Gasteiger partial charge in [-0.15, -0.1) is 11.3 Å². The number of nitrogens with one attached hydrogen (secondary N) is 2. The van der Waals surface area contributed by atoms with Crippen molar-refractivity contribution < 1.29 is 13.2 Å². The van der Waals surface area contributed by atoms with E-state index in [2.05, 4.69) is 15.0 Å². The highest BCUT2D eigenvalue weighted by Crippen LogP contribution is 2.28. The number of rotatable bonds is 5. The zero-order valence-corrected chi connectivity index (χ0v) is 17.2. The summed E-state index contributed by atoms with van der Waals surface area (Å²) in [5.74, 6) is -0.0909. The van der Waals surface area contributed by atoms with Crippen molar-refractivity contribution in [2.75, 3.05) is 5.32 Å². The zero-order chi connectivity index (χ0) is 19.8. The summed E-state index contributed by atoms with van der Waals surface area (Å²) in [6.07, 6.45) is 0. The molecule has 27 heavy (non-hydrogen) atoms. The van der Waals surface area contributed by atoms with Gasteiger partial charge in [-0.05, 0) is 51.3 Å². The molecular weight excluding hydrogens is 384 g/mol. The predicted octanol–water partition coefficient (Wildman–Crippen LogP) is 3.16. The Bertz CT molecular complexity index is 1060. The van der Waals surface area contributed by atoms with Gasteiger partial charge < -0.3 is 4.57 Å². The Hall–Kier alpha value is -2.23. The predicted molar refractivity (Wildman–Crippen MR) is 107 cm³/mol. The number of sulfonamides is 1. The normalized spacial score (nSPS) is 13.6. The molecule has 3 rings (SSSR count). The molecule has 0 aliphatic heterocycles. The van der Waals surface area contributed by atoms with Crippen molar-refractivity contribution in [3.05, 3.63) is 41.8 Å². The first-order chi connectivity index (χ1) is 12.6. The van der Waals surface area contributed by atoms with Gasteiger partial charge in [0.05, 0.1) is 17.1 Å². The van der Waals surface area contributed by atoms with Gasteiger partial charge in [-0.2, -0.15) is 4.72 Å². The fourth-order valence-electron chi connectivity index (χ4n) is 2.77. The number of aromatic nitrogens is 2. The maximum Gasteiger partial charge on any atom is 0.250 e. The first-order valence-corrected chi connectivity index (χ1v) is 10.8. The number of thiophene rings is 1. The van der Waals surface area contributed by atoms with Crippen molar-refractivity contribution >= 4 is 44.2 Å². The van der Waals surface area contributed by atoms with E-state index in [1.165, 1.54) is 13.0 Å². The first-order valence-electron chi connectivity index (χ1n) is 8.44. The van der Waals surface area contributed by atoms with Gasteiger partial charge in [-0.25, -0.2) is 13.4 Å². The van der Waals surface area contributed by atoms with E-state index < -0.39 is 22.0 Å². The van der Waals surface area contributed by atoms with E-state index in [0.29, 0.717) is 5.95 Å². The van der Waals surface area contributed by atoms with Crippen molar-refractivity contribution in [3.63, 3.8) is 0 Å². The highest BCUT2D eigenvalue weighted by molar-refractivity contribution is 7.91. The number of hydrogen-bond acceptors (Lipinski definition) is 5. The number of fused-ring (bicyclic) bond motifs is 1. The molecule has 144 valence electrons. The average molecular weight is 407 g/mol. The fourth-order valence-corrected chi connectivity index (χ4v) is 4.98. The number of amides is 1. The van der Waals surface area contributed by atoms with E-state index in [-0.39, 0.29) is 9.75 Å². The summed E-state index contributed by atoms with van der Waals surface area (Å²) in [4.78, 5) is 17.1. The fraction of sp³-hybridized carbons (Fsp3) is 0.333. The maximum absolute atomic E-state index is 12.6. The number of nitrogens with zero attached hydrogens (tertiary/aromatic N) is 2. The Morgan fingerprint density at radius 1 is 1.19 bits per heavy atom. The summed E-state index contributed by atoms with van der Waals surface area (Å²) in [6.45, 7) is 7.55. The summed E-state index contributed by atoms with van der Waals surface area (Å²) in [7, 11) is -3.74. The van der Waals surface area contributed by atoms with Crippen LogP contribution in [-0.4, -0.2) is 29.9 Å². The lowest BCUT2D eigenvalue weighted by atomic mass is 10.1. The van der Waals surface area contributed by atoms with Crippen LogP contribution in [0, 0.1) is 0 Å². The number of hydrogen-bond donors (Lipinski definition) is 2. The molecule has 0 bridgehead atoms. The third-order valence-corrected chi connectivity index (χ3v) is 6.89. The number of anilines is 1. The van der Waals surface area contributed by atoms with Crippen molar-refractivity contribution in [3.8, 4) is 0 Å². The number of carbonyl (C=O) groups excluding carboxylic acids is 1. The molecule has 1 unspecified atom stereocenters. The molecule has 2 N–H and O–H groups in total. The lowest BCUT2D eigenvalue weighted by molar-refractivity contribution is -0.117. The molecule has 0 spiro atoms. The monoisotopic (exact) mass is 406 g/mol. The average Bonchev–Trinajstić information content (AvgIpc) is 3.21. The van der Waals surface area contributed by atoms with Crippen molar-refractivity contribution in [1.29, 1.82) is 0 Å². The van der Waals surface area contributed by atoms with E-state index in [1.54, 1.807) is 11.4 Å². The summed E-state index contributed by atoms with van der Waals surface area (Å²) in [5.41, 5.74) is 1.33. The van der Waals surface area contributed by atoms with Crippen LogP contribution in [-0.2, 0) is 20.4 Å². The minimum absolute atomic E-state index is 0.170. The minimum atomic E-state index is -3.74. The van der Waals surface area contributed by atoms with Gasteiger partial charge in [0.1, 0.15) is 4.21 Å². The van der Waals surface area contributed by atoms with E-state index in [9.17, 15) is 13.2 Å². The molecule has 3 aromatic rings. The second-order valence-corrected chi connectivity index (χ2v) is 10.1. The maximum atomic E-state index is 12.6. The topological polar surface area (TPSA) is 93.1 Å². The van der Waals surface area contributed by atoms with E-state index in [4.69, 9.17) is 0 Å². The van der Waals surface area contributed by atoms with Crippen LogP contribution in [0.25, 0.3) is 11.0 Å². The number of benzene rings is 1. The molecule has 0 aliphatic rings. The van der Waals surface area contributed by atoms with Gasteiger partial charge in [0.15, 0.2) is 0 Å². The lowest BCUT2D eigenvalue weighted by Gasteiger charge is -2.25. The highest BCUT2D eigenvalue weighted by atomic mass is 32.2. The Morgan fingerprint density at radius 3 is 2.52 bits per heavy atom. The molecule has 2 aromatic heterocycles. The second kappa shape index (κ2) is 7.06. The quantitative estimate of drug-likeness (QED) is 0.681. The second-order valence-electron chi connectivity index (χ2n) is 7.19. The number of carbonyl (C=O) groups is 1. The van der Waals surface area contributed by atoms with Gasteiger partial charge in [-0.3, -0.25) is 10.1 Å². The number of para-hydroxylation sites is 2. The third kappa shape index (κ3) is 4.05. The molecule has 7 nitrogen and oxygen atoms in total. The smallest absolute Gasteiger partial charge is 0.250 e. The van der Waals surface area contributed by atoms with Crippen LogP contribution in [0.15, 0.2) is 46.0 Å². The minimum Gasteiger partial charge on any atom is -0.305 e. The molecule has 2 heterocycles. The molecule has 1 atom stereocenters. The Kier molecular flexibility index (Phi) is 5.11. The Labute approximate surface area is 162 Å². The van der Waals surface area contributed by atoms with Gasteiger partial charge in [0, 0.05) is 5.54 Å². The van der Waals surface area contributed by atoms with Crippen LogP contribution < -0.4 is 10.0 Å². The third-order valence-electron chi connectivity index (χ3n) is 3.95. The van der Waals surface area contributed by atoms with Crippen LogP contribution in [0.1, 0.15) is 27.7 Å². The van der Waals surface area contributed by atoms with Crippen LogP contribution in [0.5, 0.6) is 0 Å². The van der Waals surface area contributed by atoms with Crippen LogP contribution in [0.4, 0.5) is 5.95 Å². The van der Waals surface area contributed by atoms with Crippen LogP contribution in [0.3, 0.4) is 0 Å². The molecule has 0 saturated carbocycles. The SMILES string of the molecule is CC(NS(=O)(=O)c1cccs1)C(=O)Nc1nc2ccccc2n1C(C)(C)C. The summed E-state index contributed by atoms with van der Waals surface area (Å²) in [6, 6.07) is 9.79. The molecule has 0 saturated heterocycles. The summed E-state index contributed by atoms with van der Waals surface area (Å²) < 4.78 is 29.2. The van der Waals surface area contributed by atoms with Crippen molar-refractivity contribution in [2.45, 2.75) is 43.5 Å². The van der Waals surface area contributed by atoms with Gasteiger partial charge in [0.2, 0.25) is 11.9 Å². The van der Waals surface area contributed by atoms with E-state index >= 15 is 0 Å². The van der Waals surface area contributed by atoms with Gasteiger partial charge in [0.25, 0.3) is 10.0 Å².